The molecular weight excluding hydrogens is 318 g/mol. The van der Waals surface area contributed by atoms with Gasteiger partial charge in [0.25, 0.3) is 5.91 Å². The zero-order chi connectivity index (χ0) is 16.7. The van der Waals surface area contributed by atoms with Crippen molar-refractivity contribution in [2.75, 3.05) is 6.61 Å². The van der Waals surface area contributed by atoms with Gasteiger partial charge in [0, 0.05) is 6.54 Å². The third-order valence-corrected chi connectivity index (χ3v) is 4.39. The summed E-state index contributed by atoms with van der Waals surface area (Å²) in [4.78, 5) is 11.1. The highest BCUT2D eigenvalue weighted by Crippen LogP contribution is 2.16. The molecule has 0 fully saturated rings. The van der Waals surface area contributed by atoms with Gasteiger partial charge >= 0.3 is 0 Å². The van der Waals surface area contributed by atoms with Crippen LogP contribution in [0.25, 0.3) is 0 Å². The molecule has 0 saturated heterocycles. The Balaban J connectivity index is 1.98. The molecule has 0 spiro atoms. The minimum absolute atomic E-state index is 0.115. The van der Waals surface area contributed by atoms with Gasteiger partial charge in [-0.1, -0.05) is 30.3 Å². The minimum atomic E-state index is -3.62. The molecule has 2 aromatic rings. The molecule has 0 aliphatic carbocycles. The van der Waals surface area contributed by atoms with Crippen molar-refractivity contribution in [2.45, 2.75) is 11.4 Å². The monoisotopic (exact) mass is 335 g/mol. The smallest absolute Gasteiger partial charge is 0.271 e. The number of nitrogens with two attached hydrogens (primary N) is 1. The first kappa shape index (κ1) is 16.9. The van der Waals surface area contributed by atoms with Gasteiger partial charge in [0.1, 0.15) is 5.75 Å². The maximum Gasteiger partial charge on any atom is 0.271 e. The summed E-state index contributed by atoms with van der Waals surface area (Å²) in [6.07, 6.45) is 0. The number of carbonyl (C=O) groups is 1. The third kappa shape index (κ3) is 5.06. The molecule has 0 aromatic heterocycles. The molecular formula is C15H17N3O4S. The summed E-state index contributed by atoms with van der Waals surface area (Å²) >= 11 is 0. The van der Waals surface area contributed by atoms with Crippen LogP contribution in [0.4, 0.5) is 0 Å². The lowest BCUT2D eigenvalue weighted by Gasteiger charge is -2.08. The SMILES string of the molecule is NNC(=O)COc1ccc(S(=O)(=O)NCc2ccccc2)cc1. The number of hydrogen-bond acceptors (Lipinski definition) is 5. The highest BCUT2D eigenvalue weighted by atomic mass is 32.2. The Labute approximate surface area is 134 Å². The molecule has 23 heavy (non-hydrogen) atoms. The van der Waals surface area contributed by atoms with Crippen LogP contribution in [0.15, 0.2) is 59.5 Å². The zero-order valence-electron chi connectivity index (χ0n) is 12.2. The fourth-order valence-electron chi connectivity index (χ4n) is 1.76. The summed E-state index contributed by atoms with van der Waals surface area (Å²) in [5.41, 5.74) is 2.80. The zero-order valence-corrected chi connectivity index (χ0v) is 13.0. The van der Waals surface area contributed by atoms with Gasteiger partial charge in [0.05, 0.1) is 4.90 Å². The molecule has 0 heterocycles. The van der Waals surface area contributed by atoms with Gasteiger partial charge < -0.3 is 4.74 Å². The normalized spacial score (nSPS) is 11.0. The molecule has 0 unspecified atom stereocenters. The quantitative estimate of drug-likeness (QED) is 0.388. The lowest BCUT2D eigenvalue weighted by atomic mass is 10.2. The van der Waals surface area contributed by atoms with Crippen LogP contribution < -0.4 is 20.7 Å². The van der Waals surface area contributed by atoms with Crippen molar-refractivity contribution >= 4 is 15.9 Å². The summed E-state index contributed by atoms with van der Waals surface area (Å²) < 4.78 is 32.1. The van der Waals surface area contributed by atoms with Crippen LogP contribution in [0, 0.1) is 0 Å². The number of ether oxygens (including phenoxy) is 1. The molecule has 122 valence electrons. The molecule has 4 N–H and O–H groups in total. The summed E-state index contributed by atoms with van der Waals surface area (Å²) in [5.74, 6) is 4.82. The third-order valence-electron chi connectivity index (χ3n) is 2.97. The summed E-state index contributed by atoms with van der Waals surface area (Å²) in [6.45, 7) is -0.0348. The number of benzene rings is 2. The summed E-state index contributed by atoms with van der Waals surface area (Å²) in [6, 6.07) is 15.0. The maximum atomic E-state index is 12.2. The van der Waals surface area contributed by atoms with Crippen molar-refractivity contribution in [3.63, 3.8) is 0 Å². The molecule has 1 amide bonds. The average Bonchev–Trinajstić information content (AvgIpc) is 2.59. The Kier molecular flexibility index (Phi) is 5.69. The van der Waals surface area contributed by atoms with Gasteiger partial charge in [-0.05, 0) is 29.8 Å². The van der Waals surface area contributed by atoms with Crippen molar-refractivity contribution < 1.29 is 17.9 Å². The molecule has 0 aliphatic rings. The molecule has 0 saturated carbocycles. The van der Waals surface area contributed by atoms with Gasteiger partial charge in [-0.15, -0.1) is 0 Å². The van der Waals surface area contributed by atoms with E-state index in [0.29, 0.717) is 5.75 Å². The summed E-state index contributed by atoms with van der Waals surface area (Å²) in [5, 5.41) is 0. The molecule has 2 rings (SSSR count). The molecule has 0 aliphatic heterocycles. The van der Waals surface area contributed by atoms with E-state index in [4.69, 9.17) is 10.6 Å². The molecule has 0 bridgehead atoms. The van der Waals surface area contributed by atoms with Crippen LogP contribution in [0.1, 0.15) is 5.56 Å². The van der Waals surface area contributed by atoms with E-state index in [1.807, 2.05) is 35.8 Å². The topological polar surface area (TPSA) is 111 Å². The van der Waals surface area contributed by atoms with Crippen molar-refractivity contribution in [1.82, 2.24) is 10.1 Å². The van der Waals surface area contributed by atoms with Crippen LogP contribution >= 0.6 is 0 Å². The second-order valence-corrected chi connectivity index (χ2v) is 6.40. The Morgan fingerprint density at radius 2 is 1.70 bits per heavy atom. The first-order valence-electron chi connectivity index (χ1n) is 6.77. The number of carbonyl (C=O) groups excluding carboxylic acids is 1. The van der Waals surface area contributed by atoms with E-state index in [1.54, 1.807) is 0 Å². The van der Waals surface area contributed by atoms with Crippen LogP contribution in [-0.4, -0.2) is 20.9 Å². The highest BCUT2D eigenvalue weighted by Gasteiger charge is 2.13. The van der Waals surface area contributed by atoms with Crippen molar-refractivity contribution in [2.24, 2.45) is 5.84 Å². The largest absolute Gasteiger partial charge is 0.484 e. The van der Waals surface area contributed by atoms with Crippen LogP contribution in [-0.2, 0) is 21.4 Å². The number of hydrazine groups is 1. The highest BCUT2D eigenvalue weighted by molar-refractivity contribution is 7.89. The van der Waals surface area contributed by atoms with E-state index in [1.165, 1.54) is 24.3 Å². The van der Waals surface area contributed by atoms with E-state index in [9.17, 15) is 13.2 Å². The maximum absolute atomic E-state index is 12.2. The standard InChI is InChI=1S/C15H17N3O4S/c16-18-15(19)11-22-13-6-8-14(9-7-13)23(20,21)17-10-12-4-2-1-3-5-12/h1-9,17H,10-11,16H2,(H,18,19). The van der Waals surface area contributed by atoms with E-state index >= 15 is 0 Å². The first-order valence-corrected chi connectivity index (χ1v) is 8.25. The fraction of sp³-hybridized carbons (Fsp3) is 0.133. The number of hydrogen-bond donors (Lipinski definition) is 3. The van der Waals surface area contributed by atoms with Gasteiger partial charge in [0.15, 0.2) is 6.61 Å². The Hall–Kier alpha value is -2.42. The van der Waals surface area contributed by atoms with Crippen LogP contribution in [0.3, 0.4) is 0 Å². The molecule has 0 radical (unpaired) electrons. The average molecular weight is 335 g/mol. The summed E-state index contributed by atoms with van der Waals surface area (Å²) in [7, 11) is -3.62. The number of rotatable bonds is 7. The second kappa shape index (κ2) is 7.73. The van der Waals surface area contributed by atoms with Crippen molar-refractivity contribution in [3.05, 3.63) is 60.2 Å². The van der Waals surface area contributed by atoms with Crippen molar-refractivity contribution in [1.29, 1.82) is 0 Å². The molecule has 7 nitrogen and oxygen atoms in total. The minimum Gasteiger partial charge on any atom is -0.484 e. The number of sulfonamides is 1. The van der Waals surface area contributed by atoms with Crippen molar-refractivity contribution in [3.8, 4) is 5.75 Å². The second-order valence-electron chi connectivity index (χ2n) is 4.64. The lowest BCUT2D eigenvalue weighted by molar-refractivity contribution is -0.123. The molecule has 8 heteroatoms. The van der Waals surface area contributed by atoms with E-state index in [2.05, 4.69) is 4.72 Å². The van der Waals surface area contributed by atoms with Crippen LogP contribution in [0.5, 0.6) is 5.75 Å². The number of amides is 1. The van der Waals surface area contributed by atoms with Gasteiger partial charge in [0.2, 0.25) is 10.0 Å². The predicted molar refractivity (Wildman–Crippen MR) is 84.7 cm³/mol. The molecule has 2 aromatic carbocycles. The molecule has 0 atom stereocenters. The van der Waals surface area contributed by atoms with E-state index in [0.717, 1.165) is 5.56 Å². The Bertz CT molecular complexity index is 746. The Morgan fingerprint density at radius 1 is 1.04 bits per heavy atom. The Morgan fingerprint density at radius 3 is 2.30 bits per heavy atom. The lowest BCUT2D eigenvalue weighted by Crippen LogP contribution is -2.34. The van der Waals surface area contributed by atoms with E-state index < -0.39 is 15.9 Å². The fourth-order valence-corrected chi connectivity index (χ4v) is 2.78. The van der Waals surface area contributed by atoms with Gasteiger partial charge in [-0.25, -0.2) is 19.0 Å². The van der Waals surface area contributed by atoms with E-state index in [-0.39, 0.29) is 18.0 Å². The predicted octanol–water partition coefficient (Wildman–Crippen LogP) is 0.534. The number of nitrogens with one attached hydrogen (secondary N) is 2. The van der Waals surface area contributed by atoms with Gasteiger partial charge in [-0.2, -0.15) is 0 Å². The first-order chi connectivity index (χ1) is 11.0. The van der Waals surface area contributed by atoms with Gasteiger partial charge in [-0.3, -0.25) is 10.2 Å². The van der Waals surface area contributed by atoms with Crippen LogP contribution in [0.2, 0.25) is 0 Å².